The van der Waals surface area contributed by atoms with Crippen LogP contribution in [-0.2, 0) is 30.7 Å². The van der Waals surface area contributed by atoms with Gasteiger partial charge in [0.15, 0.2) is 0 Å². The molecule has 0 spiro atoms. The number of aromatic nitrogens is 3. The first-order valence-electron chi connectivity index (χ1n) is 9.66. The van der Waals surface area contributed by atoms with Crippen molar-refractivity contribution in [3.05, 3.63) is 47.0 Å². The maximum Gasteiger partial charge on any atom is 0.227 e. The van der Waals surface area contributed by atoms with Crippen LogP contribution in [0, 0.1) is 6.92 Å². The summed E-state index contributed by atoms with van der Waals surface area (Å²) in [7, 11) is 0. The first kappa shape index (κ1) is 17.2. The molecule has 1 amide bonds. The van der Waals surface area contributed by atoms with Crippen LogP contribution < -0.4 is 0 Å². The maximum absolute atomic E-state index is 12.6. The van der Waals surface area contributed by atoms with Crippen molar-refractivity contribution in [1.29, 1.82) is 0 Å². The van der Waals surface area contributed by atoms with Gasteiger partial charge in [0.25, 0.3) is 0 Å². The summed E-state index contributed by atoms with van der Waals surface area (Å²) in [6.45, 7) is 7.36. The van der Waals surface area contributed by atoms with E-state index in [1.807, 2.05) is 17.0 Å². The zero-order chi connectivity index (χ0) is 17.9. The predicted octanol–water partition coefficient (Wildman–Crippen LogP) is 1.81. The second kappa shape index (κ2) is 7.58. The van der Waals surface area contributed by atoms with E-state index in [1.54, 1.807) is 0 Å². The van der Waals surface area contributed by atoms with Gasteiger partial charge in [0.05, 0.1) is 13.0 Å². The quantitative estimate of drug-likeness (QED) is 0.841. The van der Waals surface area contributed by atoms with E-state index in [9.17, 15) is 4.79 Å². The fourth-order valence-electron chi connectivity index (χ4n) is 3.92. The molecule has 0 atom stereocenters. The van der Waals surface area contributed by atoms with Crippen LogP contribution in [0.25, 0.3) is 0 Å². The molecule has 0 N–H and O–H groups in total. The van der Waals surface area contributed by atoms with Crippen LogP contribution >= 0.6 is 0 Å². The van der Waals surface area contributed by atoms with E-state index in [1.165, 1.54) is 18.4 Å². The summed E-state index contributed by atoms with van der Waals surface area (Å²) in [4.78, 5) is 17.0. The summed E-state index contributed by atoms with van der Waals surface area (Å²) < 4.78 is 2.29. The minimum atomic E-state index is 0.235. The molecule has 6 nitrogen and oxygen atoms in total. The summed E-state index contributed by atoms with van der Waals surface area (Å²) in [5.41, 5.74) is 2.33. The number of carbonyl (C=O) groups is 1. The van der Waals surface area contributed by atoms with Crippen molar-refractivity contribution in [3.63, 3.8) is 0 Å². The van der Waals surface area contributed by atoms with Gasteiger partial charge in [0.1, 0.15) is 11.6 Å². The fourth-order valence-corrected chi connectivity index (χ4v) is 3.92. The highest BCUT2D eigenvalue weighted by Gasteiger charge is 2.24. The first-order chi connectivity index (χ1) is 12.7. The largest absolute Gasteiger partial charge is 0.340 e. The lowest BCUT2D eigenvalue weighted by atomic mass is 10.1. The Labute approximate surface area is 154 Å². The lowest BCUT2D eigenvalue weighted by molar-refractivity contribution is -0.132. The molecule has 1 saturated heterocycles. The molecule has 2 aliphatic heterocycles. The van der Waals surface area contributed by atoms with Gasteiger partial charge in [-0.15, -0.1) is 10.2 Å². The standard InChI is InChI=1S/C20H27N5O/c1-16-6-2-3-7-17(16)14-20(26)24-12-10-23(11-13-24)15-19-22-21-18-8-4-5-9-25(18)19/h2-3,6-7H,4-5,8-15H2,1H3. The Bertz CT molecular complexity index is 776. The molecule has 26 heavy (non-hydrogen) atoms. The number of hydrogen-bond donors (Lipinski definition) is 0. The van der Waals surface area contributed by atoms with E-state index in [-0.39, 0.29) is 5.91 Å². The molecule has 1 aromatic heterocycles. The van der Waals surface area contributed by atoms with Gasteiger partial charge in [-0.25, -0.2) is 0 Å². The number of rotatable bonds is 4. The van der Waals surface area contributed by atoms with Crippen molar-refractivity contribution in [1.82, 2.24) is 24.6 Å². The van der Waals surface area contributed by atoms with Gasteiger partial charge in [-0.05, 0) is 30.9 Å². The molecule has 1 aromatic carbocycles. The second-order valence-electron chi connectivity index (χ2n) is 7.40. The van der Waals surface area contributed by atoms with Gasteiger partial charge in [0.2, 0.25) is 5.91 Å². The third-order valence-corrected chi connectivity index (χ3v) is 5.63. The van der Waals surface area contributed by atoms with Crippen molar-refractivity contribution in [3.8, 4) is 0 Å². The highest BCUT2D eigenvalue weighted by Crippen LogP contribution is 2.16. The molecule has 138 valence electrons. The number of carbonyl (C=O) groups excluding carboxylic acids is 1. The number of hydrogen-bond acceptors (Lipinski definition) is 4. The minimum absolute atomic E-state index is 0.235. The van der Waals surface area contributed by atoms with E-state index in [2.05, 4.69) is 38.7 Å². The molecule has 6 heteroatoms. The SMILES string of the molecule is Cc1ccccc1CC(=O)N1CCN(Cc2nnc3n2CCCC3)CC1. The lowest BCUT2D eigenvalue weighted by Gasteiger charge is -2.34. The van der Waals surface area contributed by atoms with Crippen molar-refractivity contribution >= 4 is 5.91 Å². The predicted molar refractivity (Wildman–Crippen MR) is 99.7 cm³/mol. The van der Waals surface area contributed by atoms with E-state index in [4.69, 9.17) is 0 Å². The summed E-state index contributed by atoms with van der Waals surface area (Å²) >= 11 is 0. The summed E-state index contributed by atoms with van der Waals surface area (Å²) in [5, 5.41) is 8.74. The van der Waals surface area contributed by atoms with Crippen LogP contribution in [0.3, 0.4) is 0 Å². The Kier molecular flexibility index (Phi) is 5.02. The molecule has 0 radical (unpaired) electrons. The van der Waals surface area contributed by atoms with Crippen molar-refractivity contribution in [2.45, 2.75) is 45.7 Å². The Balaban J connectivity index is 1.31. The Morgan fingerprint density at radius 3 is 2.65 bits per heavy atom. The van der Waals surface area contributed by atoms with Crippen LogP contribution in [0.2, 0.25) is 0 Å². The molecular formula is C20H27N5O. The van der Waals surface area contributed by atoms with Gasteiger partial charge in [-0.2, -0.15) is 0 Å². The smallest absolute Gasteiger partial charge is 0.227 e. The molecule has 4 rings (SSSR count). The molecule has 1 fully saturated rings. The number of nitrogens with zero attached hydrogens (tertiary/aromatic N) is 5. The van der Waals surface area contributed by atoms with Crippen LogP contribution in [-0.4, -0.2) is 56.7 Å². The van der Waals surface area contributed by atoms with Crippen molar-refractivity contribution in [2.75, 3.05) is 26.2 Å². The molecule has 0 bridgehead atoms. The van der Waals surface area contributed by atoms with Crippen LogP contribution in [0.4, 0.5) is 0 Å². The van der Waals surface area contributed by atoms with Crippen molar-refractivity contribution < 1.29 is 4.79 Å². The average molecular weight is 353 g/mol. The van der Waals surface area contributed by atoms with Gasteiger partial charge < -0.3 is 9.47 Å². The van der Waals surface area contributed by atoms with E-state index >= 15 is 0 Å². The number of amides is 1. The molecule has 2 aliphatic rings. The monoisotopic (exact) mass is 353 g/mol. The third-order valence-electron chi connectivity index (χ3n) is 5.63. The second-order valence-corrected chi connectivity index (χ2v) is 7.40. The lowest BCUT2D eigenvalue weighted by Crippen LogP contribution is -2.49. The molecular weight excluding hydrogens is 326 g/mol. The molecule has 0 saturated carbocycles. The number of piperazine rings is 1. The zero-order valence-corrected chi connectivity index (χ0v) is 15.5. The van der Waals surface area contributed by atoms with E-state index in [0.29, 0.717) is 6.42 Å². The average Bonchev–Trinajstić information content (AvgIpc) is 3.07. The molecule has 0 aliphatic carbocycles. The van der Waals surface area contributed by atoms with Gasteiger partial charge in [-0.3, -0.25) is 9.69 Å². The van der Waals surface area contributed by atoms with E-state index in [0.717, 1.165) is 62.9 Å². The fraction of sp³-hybridized carbons (Fsp3) is 0.550. The van der Waals surface area contributed by atoms with Crippen LogP contribution in [0.5, 0.6) is 0 Å². The van der Waals surface area contributed by atoms with E-state index < -0.39 is 0 Å². The molecule has 0 unspecified atom stereocenters. The number of benzene rings is 1. The minimum Gasteiger partial charge on any atom is -0.340 e. The van der Waals surface area contributed by atoms with Gasteiger partial charge >= 0.3 is 0 Å². The normalized spacial score (nSPS) is 18.0. The summed E-state index contributed by atoms with van der Waals surface area (Å²) in [5.74, 6) is 2.46. The summed E-state index contributed by atoms with van der Waals surface area (Å²) in [6.07, 6.45) is 4.00. The first-order valence-corrected chi connectivity index (χ1v) is 9.66. The molecule has 3 heterocycles. The Hall–Kier alpha value is -2.21. The Morgan fingerprint density at radius 1 is 1.04 bits per heavy atom. The van der Waals surface area contributed by atoms with Crippen LogP contribution in [0.15, 0.2) is 24.3 Å². The highest BCUT2D eigenvalue weighted by molar-refractivity contribution is 5.79. The van der Waals surface area contributed by atoms with Crippen molar-refractivity contribution in [2.24, 2.45) is 0 Å². The Morgan fingerprint density at radius 2 is 1.85 bits per heavy atom. The topological polar surface area (TPSA) is 54.3 Å². The van der Waals surface area contributed by atoms with Gasteiger partial charge in [0, 0.05) is 39.1 Å². The molecule has 2 aromatic rings. The third kappa shape index (κ3) is 3.65. The number of fused-ring (bicyclic) bond motifs is 1. The summed E-state index contributed by atoms with van der Waals surface area (Å²) in [6, 6.07) is 8.15. The van der Waals surface area contributed by atoms with Crippen LogP contribution in [0.1, 0.15) is 35.6 Å². The van der Waals surface area contributed by atoms with Gasteiger partial charge in [-0.1, -0.05) is 24.3 Å². The number of aryl methyl sites for hydroxylation is 2. The highest BCUT2D eigenvalue weighted by atomic mass is 16.2. The zero-order valence-electron chi connectivity index (χ0n) is 15.5. The maximum atomic E-state index is 12.6.